The monoisotopic (exact) mass is 323 g/mol. The summed E-state index contributed by atoms with van der Waals surface area (Å²) in [6.07, 6.45) is -4.40. The highest BCUT2D eigenvalue weighted by atomic mass is 19.4. The fourth-order valence-electron chi connectivity index (χ4n) is 2.41. The van der Waals surface area contributed by atoms with Gasteiger partial charge >= 0.3 is 6.18 Å². The molecular formula is C16H12F3NO3. The Hall–Kier alpha value is -2.70. The van der Waals surface area contributed by atoms with Gasteiger partial charge in [-0.2, -0.15) is 13.2 Å². The quantitative estimate of drug-likeness (QED) is 0.940. The molecule has 2 aromatic carbocycles. The maximum absolute atomic E-state index is 12.3. The average Bonchev–Trinajstić information content (AvgIpc) is 2.84. The molecule has 0 saturated carbocycles. The lowest BCUT2D eigenvalue weighted by atomic mass is 10.1. The van der Waals surface area contributed by atoms with Gasteiger partial charge in [0.2, 0.25) is 0 Å². The summed E-state index contributed by atoms with van der Waals surface area (Å²) in [4.78, 5) is 13.8. The molecule has 1 aliphatic rings. The number of ether oxygens (including phenoxy) is 1. The number of aromatic hydroxyl groups is 1. The molecule has 1 N–H and O–H groups in total. The van der Waals surface area contributed by atoms with Crippen molar-refractivity contribution in [2.24, 2.45) is 0 Å². The molecule has 0 fully saturated rings. The van der Waals surface area contributed by atoms with E-state index >= 15 is 0 Å². The minimum Gasteiger partial charge on any atom is -0.508 e. The highest BCUT2D eigenvalue weighted by Gasteiger charge is 2.31. The molecule has 1 amide bonds. The lowest BCUT2D eigenvalue weighted by Gasteiger charge is -2.16. The van der Waals surface area contributed by atoms with E-state index in [1.54, 1.807) is 12.1 Å². The van der Waals surface area contributed by atoms with Crippen LogP contribution in [-0.4, -0.2) is 23.8 Å². The number of nitrogens with zero attached hydrogens (tertiary/aromatic N) is 1. The normalized spacial score (nSPS) is 14.0. The Morgan fingerprint density at radius 1 is 1.13 bits per heavy atom. The van der Waals surface area contributed by atoms with Crippen LogP contribution >= 0.6 is 0 Å². The zero-order valence-corrected chi connectivity index (χ0v) is 11.8. The topological polar surface area (TPSA) is 49.8 Å². The number of carbonyl (C=O) groups is 1. The minimum atomic E-state index is -4.40. The molecule has 0 saturated heterocycles. The molecule has 120 valence electrons. The van der Waals surface area contributed by atoms with Gasteiger partial charge in [0.15, 0.2) is 6.61 Å². The van der Waals surface area contributed by atoms with Crippen molar-refractivity contribution in [1.82, 2.24) is 0 Å². The Balaban J connectivity index is 1.77. The van der Waals surface area contributed by atoms with Gasteiger partial charge in [0.05, 0.1) is 6.54 Å². The lowest BCUT2D eigenvalue weighted by molar-refractivity contribution is -0.153. The molecule has 4 nitrogen and oxygen atoms in total. The van der Waals surface area contributed by atoms with E-state index in [9.17, 15) is 23.1 Å². The van der Waals surface area contributed by atoms with Crippen LogP contribution < -0.4 is 9.64 Å². The molecule has 7 heteroatoms. The van der Waals surface area contributed by atoms with E-state index in [-0.39, 0.29) is 24.0 Å². The van der Waals surface area contributed by atoms with Crippen LogP contribution in [0, 0.1) is 0 Å². The van der Waals surface area contributed by atoms with Crippen LogP contribution in [0.15, 0.2) is 42.5 Å². The summed E-state index contributed by atoms with van der Waals surface area (Å²) in [6.45, 7) is -1.15. The van der Waals surface area contributed by atoms with Gasteiger partial charge in [-0.1, -0.05) is 6.07 Å². The molecule has 0 radical (unpaired) electrons. The Kier molecular flexibility index (Phi) is 3.63. The third-order valence-corrected chi connectivity index (χ3v) is 3.49. The number of anilines is 1. The van der Waals surface area contributed by atoms with Gasteiger partial charge < -0.3 is 14.7 Å². The molecule has 0 spiro atoms. The van der Waals surface area contributed by atoms with Crippen LogP contribution in [0.25, 0.3) is 0 Å². The van der Waals surface area contributed by atoms with E-state index in [1.807, 2.05) is 0 Å². The van der Waals surface area contributed by atoms with E-state index in [0.717, 1.165) is 0 Å². The highest BCUT2D eigenvalue weighted by molar-refractivity contribution is 6.10. The fraction of sp³-hybridized carbons (Fsp3) is 0.188. The van der Waals surface area contributed by atoms with Crippen molar-refractivity contribution in [3.8, 4) is 11.5 Å². The molecule has 0 aromatic heterocycles. The summed E-state index contributed by atoms with van der Waals surface area (Å²) in [5.41, 5.74) is 1.47. The van der Waals surface area contributed by atoms with Crippen LogP contribution in [0.4, 0.5) is 18.9 Å². The first-order valence-corrected chi connectivity index (χ1v) is 6.77. The smallest absolute Gasteiger partial charge is 0.422 e. The van der Waals surface area contributed by atoms with Gasteiger partial charge in [0, 0.05) is 16.8 Å². The highest BCUT2D eigenvalue weighted by Crippen LogP contribution is 2.33. The number of alkyl halides is 3. The van der Waals surface area contributed by atoms with E-state index in [4.69, 9.17) is 0 Å². The second kappa shape index (κ2) is 5.49. The number of amides is 1. The Labute approximate surface area is 129 Å². The van der Waals surface area contributed by atoms with Crippen molar-refractivity contribution in [3.63, 3.8) is 0 Å². The second-order valence-corrected chi connectivity index (χ2v) is 5.09. The number of carbonyl (C=O) groups excluding carboxylic acids is 1. The van der Waals surface area contributed by atoms with Crippen LogP contribution in [0.3, 0.4) is 0 Å². The molecule has 23 heavy (non-hydrogen) atoms. The van der Waals surface area contributed by atoms with E-state index in [0.29, 0.717) is 16.8 Å². The van der Waals surface area contributed by atoms with Crippen molar-refractivity contribution in [2.45, 2.75) is 12.7 Å². The van der Waals surface area contributed by atoms with E-state index < -0.39 is 12.8 Å². The Bertz CT molecular complexity index is 741. The van der Waals surface area contributed by atoms with Crippen molar-refractivity contribution >= 4 is 11.6 Å². The molecule has 3 rings (SSSR count). The second-order valence-electron chi connectivity index (χ2n) is 5.09. The fourth-order valence-corrected chi connectivity index (χ4v) is 2.41. The first kappa shape index (κ1) is 15.2. The third-order valence-electron chi connectivity index (χ3n) is 3.49. The van der Waals surface area contributed by atoms with Gasteiger partial charge in [-0.3, -0.25) is 4.79 Å². The Morgan fingerprint density at radius 2 is 1.83 bits per heavy atom. The predicted molar refractivity (Wildman–Crippen MR) is 76.6 cm³/mol. The average molecular weight is 323 g/mol. The molecule has 1 aliphatic heterocycles. The van der Waals surface area contributed by atoms with Gasteiger partial charge in [-0.05, 0) is 36.4 Å². The molecule has 0 bridgehead atoms. The first-order valence-electron chi connectivity index (χ1n) is 6.77. The number of halogens is 3. The maximum Gasteiger partial charge on any atom is 0.422 e. The van der Waals surface area contributed by atoms with Crippen molar-refractivity contribution < 1.29 is 27.8 Å². The van der Waals surface area contributed by atoms with Gasteiger partial charge in [-0.25, -0.2) is 0 Å². The molecule has 2 aromatic rings. The van der Waals surface area contributed by atoms with Crippen molar-refractivity contribution in [1.29, 1.82) is 0 Å². The van der Waals surface area contributed by atoms with Crippen LogP contribution in [-0.2, 0) is 6.54 Å². The van der Waals surface area contributed by atoms with Crippen molar-refractivity contribution in [2.75, 3.05) is 11.5 Å². The number of rotatable bonds is 3. The first-order chi connectivity index (χ1) is 10.8. The number of phenolic OH excluding ortho intramolecular Hbond substituents is 1. The van der Waals surface area contributed by atoms with Crippen LogP contribution in [0.5, 0.6) is 11.5 Å². The number of phenols is 1. The zero-order valence-electron chi connectivity index (χ0n) is 11.8. The maximum atomic E-state index is 12.3. The summed E-state index contributed by atoms with van der Waals surface area (Å²) in [5, 5.41) is 9.80. The number of fused-ring (bicyclic) bond motifs is 1. The van der Waals surface area contributed by atoms with Crippen LogP contribution in [0.1, 0.15) is 15.9 Å². The predicted octanol–water partition coefficient (Wildman–Crippen LogP) is 3.49. The summed E-state index contributed by atoms with van der Waals surface area (Å²) < 4.78 is 40.9. The summed E-state index contributed by atoms with van der Waals surface area (Å²) in [5.74, 6) is -0.151. The van der Waals surface area contributed by atoms with Crippen molar-refractivity contribution in [3.05, 3.63) is 53.6 Å². The third kappa shape index (κ3) is 3.08. The molecule has 1 heterocycles. The van der Waals surface area contributed by atoms with E-state index in [2.05, 4.69) is 4.74 Å². The number of benzene rings is 2. The zero-order chi connectivity index (χ0) is 16.6. The Morgan fingerprint density at radius 3 is 2.43 bits per heavy atom. The van der Waals surface area contributed by atoms with Crippen LogP contribution in [0.2, 0.25) is 0 Å². The lowest BCUT2D eigenvalue weighted by Crippen LogP contribution is -2.23. The number of hydrogen-bond donors (Lipinski definition) is 1. The minimum absolute atomic E-state index is 0.0449. The molecular weight excluding hydrogens is 311 g/mol. The largest absolute Gasteiger partial charge is 0.508 e. The van der Waals surface area contributed by atoms with Gasteiger partial charge in [-0.15, -0.1) is 0 Å². The summed E-state index contributed by atoms with van der Waals surface area (Å²) in [6, 6.07) is 10.5. The summed E-state index contributed by atoms with van der Waals surface area (Å²) in [7, 11) is 0. The summed E-state index contributed by atoms with van der Waals surface area (Å²) >= 11 is 0. The molecule has 0 aliphatic carbocycles. The SMILES string of the molecule is O=C1c2cccc(O)c2CN1c1ccc(OCC(F)(F)F)cc1. The standard InChI is InChI=1S/C16H12F3NO3/c17-16(18,19)9-23-11-6-4-10(5-7-11)20-8-13-12(15(20)22)2-1-3-14(13)21/h1-7,21H,8-9H2. The van der Waals surface area contributed by atoms with Gasteiger partial charge in [0.1, 0.15) is 11.5 Å². The van der Waals surface area contributed by atoms with E-state index in [1.165, 1.54) is 35.2 Å². The van der Waals surface area contributed by atoms with Gasteiger partial charge in [0.25, 0.3) is 5.91 Å². The molecule has 0 atom stereocenters. The number of hydrogen-bond acceptors (Lipinski definition) is 3. The molecule has 0 unspecified atom stereocenters.